The van der Waals surface area contributed by atoms with Gasteiger partial charge >= 0.3 is 5.69 Å². The standard InChI is InChI=1S/C23H33N5O3/c1-7-9-10-28-21-19(22(29)25-23(28)30)27(8-2)18(24-21)14-26(5)13-17-11-15(3)20(31-6)16(4)12-17/h11-12H,7-10,13-14H2,1-6H3,(H,25,29,30). The summed E-state index contributed by atoms with van der Waals surface area (Å²) in [7, 11) is 3.72. The van der Waals surface area contributed by atoms with Gasteiger partial charge in [-0.25, -0.2) is 9.78 Å². The zero-order valence-corrected chi connectivity index (χ0v) is 19.4. The number of benzene rings is 1. The number of imidazole rings is 1. The molecule has 31 heavy (non-hydrogen) atoms. The van der Waals surface area contributed by atoms with Gasteiger partial charge in [-0.3, -0.25) is 19.2 Å². The fraction of sp³-hybridized carbons (Fsp3) is 0.522. The van der Waals surface area contributed by atoms with Crippen LogP contribution in [0.3, 0.4) is 0 Å². The van der Waals surface area contributed by atoms with E-state index < -0.39 is 5.69 Å². The van der Waals surface area contributed by atoms with Crippen LogP contribution in [0.1, 0.15) is 49.2 Å². The molecule has 8 heteroatoms. The Morgan fingerprint density at radius 1 is 1.10 bits per heavy atom. The molecule has 168 valence electrons. The number of hydrogen-bond acceptors (Lipinski definition) is 5. The molecule has 3 aromatic rings. The Morgan fingerprint density at radius 2 is 1.77 bits per heavy atom. The van der Waals surface area contributed by atoms with Crippen LogP contribution < -0.4 is 16.0 Å². The van der Waals surface area contributed by atoms with E-state index in [2.05, 4.69) is 28.9 Å². The molecule has 0 aliphatic carbocycles. The van der Waals surface area contributed by atoms with Crippen molar-refractivity contribution in [1.82, 2.24) is 24.0 Å². The first kappa shape index (κ1) is 22.8. The zero-order valence-electron chi connectivity index (χ0n) is 19.4. The summed E-state index contributed by atoms with van der Waals surface area (Å²) in [5.41, 5.74) is 3.58. The van der Waals surface area contributed by atoms with Gasteiger partial charge in [0, 0.05) is 19.6 Å². The van der Waals surface area contributed by atoms with Crippen LogP contribution in [0.25, 0.3) is 11.2 Å². The maximum absolute atomic E-state index is 12.6. The molecule has 3 rings (SSSR count). The molecule has 0 fully saturated rings. The molecule has 0 unspecified atom stereocenters. The summed E-state index contributed by atoms with van der Waals surface area (Å²) in [6.45, 7) is 10.6. The van der Waals surface area contributed by atoms with Gasteiger partial charge in [-0.1, -0.05) is 25.5 Å². The third-order valence-corrected chi connectivity index (χ3v) is 5.60. The Kier molecular flexibility index (Phi) is 7.00. The van der Waals surface area contributed by atoms with Gasteiger partial charge in [0.2, 0.25) is 0 Å². The molecule has 1 aromatic carbocycles. The molecule has 0 aliphatic heterocycles. The predicted molar refractivity (Wildman–Crippen MR) is 123 cm³/mol. The van der Waals surface area contributed by atoms with E-state index in [4.69, 9.17) is 9.72 Å². The second-order valence-corrected chi connectivity index (χ2v) is 8.14. The fourth-order valence-corrected chi connectivity index (χ4v) is 4.26. The number of aryl methyl sites for hydroxylation is 4. The van der Waals surface area contributed by atoms with Crippen LogP contribution in [-0.4, -0.2) is 38.2 Å². The Balaban J connectivity index is 1.95. The van der Waals surface area contributed by atoms with E-state index in [9.17, 15) is 9.59 Å². The van der Waals surface area contributed by atoms with Gasteiger partial charge in [0.05, 0.1) is 13.7 Å². The molecule has 0 spiro atoms. The molecule has 0 radical (unpaired) electrons. The summed E-state index contributed by atoms with van der Waals surface area (Å²) in [6.07, 6.45) is 1.81. The third-order valence-electron chi connectivity index (χ3n) is 5.60. The topological polar surface area (TPSA) is 85.2 Å². The summed E-state index contributed by atoms with van der Waals surface area (Å²) in [5.74, 6) is 1.70. The van der Waals surface area contributed by atoms with Crippen molar-refractivity contribution >= 4 is 11.2 Å². The molecule has 0 aliphatic rings. The largest absolute Gasteiger partial charge is 0.496 e. The maximum Gasteiger partial charge on any atom is 0.330 e. The molecule has 8 nitrogen and oxygen atoms in total. The van der Waals surface area contributed by atoms with Crippen molar-refractivity contribution in [2.24, 2.45) is 0 Å². The minimum Gasteiger partial charge on any atom is -0.496 e. The summed E-state index contributed by atoms with van der Waals surface area (Å²) < 4.78 is 8.97. The maximum atomic E-state index is 12.6. The molecular weight excluding hydrogens is 394 g/mol. The van der Waals surface area contributed by atoms with E-state index >= 15 is 0 Å². The highest BCUT2D eigenvalue weighted by molar-refractivity contribution is 5.71. The van der Waals surface area contributed by atoms with Gasteiger partial charge in [0.15, 0.2) is 11.2 Å². The number of rotatable bonds is 9. The van der Waals surface area contributed by atoms with Gasteiger partial charge in [-0.2, -0.15) is 0 Å². The van der Waals surface area contributed by atoms with Crippen molar-refractivity contribution in [3.63, 3.8) is 0 Å². The predicted octanol–water partition coefficient (Wildman–Crippen LogP) is 2.96. The first-order valence-electron chi connectivity index (χ1n) is 10.9. The van der Waals surface area contributed by atoms with Gasteiger partial charge < -0.3 is 9.30 Å². The normalized spacial score (nSPS) is 11.6. The average molecular weight is 428 g/mol. The Hall–Kier alpha value is -2.87. The summed E-state index contributed by atoms with van der Waals surface area (Å²) in [4.78, 5) is 34.3. The molecule has 0 atom stereocenters. The second kappa shape index (κ2) is 9.51. The molecule has 0 saturated carbocycles. The number of ether oxygens (including phenoxy) is 1. The fourth-order valence-electron chi connectivity index (χ4n) is 4.26. The number of nitrogens with zero attached hydrogens (tertiary/aromatic N) is 4. The molecule has 1 N–H and O–H groups in total. The minimum atomic E-state index is -0.393. The van der Waals surface area contributed by atoms with Crippen LogP contribution in [-0.2, 0) is 26.2 Å². The van der Waals surface area contributed by atoms with Crippen LogP contribution in [0.5, 0.6) is 5.75 Å². The van der Waals surface area contributed by atoms with Crippen molar-refractivity contribution in [2.45, 2.75) is 66.7 Å². The highest BCUT2D eigenvalue weighted by atomic mass is 16.5. The number of fused-ring (bicyclic) bond motifs is 1. The Morgan fingerprint density at radius 3 is 2.35 bits per heavy atom. The first-order valence-corrected chi connectivity index (χ1v) is 10.9. The number of nitrogens with one attached hydrogen (secondary N) is 1. The quantitative estimate of drug-likeness (QED) is 0.567. The lowest BCUT2D eigenvalue weighted by Gasteiger charge is -2.19. The minimum absolute atomic E-state index is 0.377. The summed E-state index contributed by atoms with van der Waals surface area (Å²) >= 11 is 0. The van der Waals surface area contributed by atoms with Gasteiger partial charge in [0.25, 0.3) is 5.56 Å². The van der Waals surface area contributed by atoms with Gasteiger partial charge in [0.1, 0.15) is 11.6 Å². The number of aromatic nitrogens is 4. The smallest absolute Gasteiger partial charge is 0.330 e. The molecule has 2 aromatic heterocycles. The first-order chi connectivity index (χ1) is 14.8. The van der Waals surface area contributed by atoms with Crippen molar-refractivity contribution in [3.8, 4) is 5.75 Å². The van der Waals surface area contributed by atoms with E-state index in [0.29, 0.717) is 30.8 Å². The molecule has 2 heterocycles. The van der Waals surface area contributed by atoms with Crippen LogP contribution in [0.15, 0.2) is 21.7 Å². The van der Waals surface area contributed by atoms with E-state index in [0.717, 1.165) is 42.1 Å². The van der Waals surface area contributed by atoms with Gasteiger partial charge in [-0.05, 0) is 50.9 Å². The van der Waals surface area contributed by atoms with Crippen molar-refractivity contribution in [1.29, 1.82) is 0 Å². The number of H-pyrrole nitrogens is 1. The van der Waals surface area contributed by atoms with Crippen LogP contribution in [0.4, 0.5) is 0 Å². The highest BCUT2D eigenvalue weighted by Crippen LogP contribution is 2.25. The van der Waals surface area contributed by atoms with Crippen molar-refractivity contribution < 1.29 is 4.74 Å². The Bertz CT molecular complexity index is 1170. The molecule has 0 saturated heterocycles. The lowest BCUT2D eigenvalue weighted by Crippen LogP contribution is -2.31. The average Bonchev–Trinajstić information content (AvgIpc) is 3.05. The lowest BCUT2D eigenvalue weighted by molar-refractivity contribution is 0.305. The van der Waals surface area contributed by atoms with E-state index in [1.54, 1.807) is 11.7 Å². The van der Waals surface area contributed by atoms with E-state index in [1.807, 2.05) is 32.4 Å². The monoisotopic (exact) mass is 427 g/mol. The van der Waals surface area contributed by atoms with Crippen LogP contribution >= 0.6 is 0 Å². The van der Waals surface area contributed by atoms with Crippen LogP contribution in [0, 0.1) is 13.8 Å². The summed E-state index contributed by atoms with van der Waals surface area (Å²) in [6, 6.07) is 4.27. The number of hydrogen-bond donors (Lipinski definition) is 1. The second-order valence-electron chi connectivity index (χ2n) is 8.14. The number of aromatic amines is 1. The van der Waals surface area contributed by atoms with E-state index in [1.165, 1.54) is 5.56 Å². The van der Waals surface area contributed by atoms with Gasteiger partial charge in [-0.15, -0.1) is 0 Å². The molecular formula is C23H33N5O3. The lowest BCUT2D eigenvalue weighted by atomic mass is 10.1. The number of methoxy groups -OCH3 is 1. The zero-order chi connectivity index (χ0) is 22.7. The summed E-state index contributed by atoms with van der Waals surface area (Å²) in [5, 5.41) is 0. The van der Waals surface area contributed by atoms with Crippen LogP contribution in [0.2, 0.25) is 0 Å². The number of unbranched alkanes of at least 4 members (excludes halogenated alkanes) is 1. The third kappa shape index (κ3) is 4.58. The molecule has 0 amide bonds. The van der Waals surface area contributed by atoms with E-state index in [-0.39, 0.29) is 5.56 Å². The van der Waals surface area contributed by atoms with Crippen molar-refractivity contribution in [3.05, 3.63) is 55.5 Å². The van der Waals surface area contributed by atoms with Crippen molar-refractivity contribution in [2.75, 3.05) is 14.2 Å². The highest BCUT2D eigenvalue weighted by Gasteiger charge is 2.19. The Labute approximate surface area is 182 Å². The SMILES string of the molecule is CCCCn1c(=O)[nH]c(=O)c2c1nc(CN(C)Cc1cc(C)c(OC)c(C)c1)n2CC. The molecule has 0 bridgehead atoms.